The quantitative estimate of drug-likeness (QED) is 0.646. The number of rotatable bonds is 5. The van der Waals surface area contributed by atoms with E-state index in [4.69, 9.17) is 0 Å². The summed E-state index contributed by atoms with van der Waals surface area (Å²) in [6.07, 6.45) is -4.47. The summed E-state index contributed by atoms with van der Waals surface area (Å²) in [5.74, 6) is -0.764. The molecule has 1 amide bonds. The Bertz CT molecular complexity index is 833. The first-order valence-electron chi connectivity index (χ1n) is 7.62. The van der Waals surface area contributed by atoms with Gasteiger partial charge in [0.1, 0.15) is 6.54 Å². The predicted molar refractivity (Wildman–Crippen MR) is 90.8 cm³/mol. The Hall–Kier alpha value is -2.03. The van der Waals surface area contributed by atoms with E-state index in [2.05, 4.69) is 4.98 Å². The summed E-state index contributed by atoms with van der Waals surface area (Å²) in [5, 5.41) is 1.76. The monoisotopic (exact) mass is 373 g/mol. The van der Waals surface area contributed by atoms with Crippen LogP contribution in [-0.4, -0.2) is 33.4 Å². The van der Waals surface area contributed by atoms with Gasteiger partial charge in [0, 0.05) is 6.04 Å². The van der Waals surface area contributed by atoms with Gasteiger partial charge in [-0.25, -0.2) is 4.98 Å². The molecule has 0 saturated heterocycles. The number of benzene rings is 1. The molecule has 0 radical (unpaired) electrons. The maximum atomic E-state index is 12.7. The van der Waals surface area contributed by atoms with Crippen molar-refractivity contribution in [1.82, 2.24) is 14.9 Å². The number of aromatic nitrogens is 2. The molecule has 5 nitrogen and oxygen atoms in total. The summed E-state index contributed by atoms with van der Waals surface area (Å²) < 4.78 is 38.1. The van der Waals surface area contributed by atoms with Crippen LogP contribution in [0.25, 0.3) is 10.9 Å². The average Bonchev–Trinajstić information content (AvgIpc) is 2.51. The third kappa shape index (κ3) is 4.75. The minimum Gasteiger partial charge on any atom is -0.346 e. The van der Waals surface area contributed by atoms with Gasteiger partial charge in [-0.2, -0.15) is 13.2 Å². The number of nitrogens with zero attached hydrogens (tertiary/aromatic N) is 2. The summed E-state index contributed by atoms with van der Waals surface area (Å²) in [6.45, 7) is 3.69. The molecule has 2 aromatic rings. The van der Waals surface area contributed by atoms with E-state index in [0.717, 1.165) is 11.8 Å². The van der Waals surface area contributed by atoms with Crippen molar-refractivity contribution in [3.63, 3.8) is 0 Å². The molecule has 25 heavy (non-hydrogen) atoms. The Morgan fingerprint density at radius 2 is 1.92 bits per heavy atom. The van der Waals surface area contributed by atoms with Crippen molar-refractivity contribution >= 4 is 28.6 Å². The molecule has 1 unspecified atom stereocenters. The minimum absolute atomic E-state index is 0.211. The molecular weight excluding hydrogens is 355 g/mol. The topological polar surface area (TPSA) is 64.0 Å². The molecule has 1 aromatic heterocycles. The van der Waals surface area contributed by atoms with Gasteiger partial charge in [-0.3, -0.25) is 14.2 Å². The third-order valence-corrected chi connectivity index (χ3v) is 4.47. The van der Waals surface area contributed by atoms with Gasteiger partial charge in [0.2, 0.25) is 5.91 Å². The molecule has 1 heterocycles. The zero-order chi connectivity index (χ0) is 18.8. The second-order valence-electron chi connectivity index (χ2n) is 5.77. The number of amides is 1. The third-order valence-electron chi connectivity index (χ3n) is 3.41. The number of hydrogen-bond acceptors (Lipinski definition) is 4. The second kappa shape index (κ2) is 7.47. The maximum Gasteiger partial charge on any atom is 0.405 e. The smallest absolute Gasteiger partial charge is 0.346 e. The van der Waals surface area contributed by atoms with Crippen molar-refractivity contribution in [2.24, 2.45) is 0 Å². The van der Waals surface area contributed by atoms with Crippen LogP contribution in [0.2, 0.25) is 0 Å². The fourth-order valence-corrected chi connectivity index (χ4v) is 3.27. The van der Waals surface area contributed by atoms with Crippen LogP contribution >= 0.6 is 11.8 Å². The number of para-hydroxylation sites is 1. The Morgan fingerprint density at radius 1 is 1.28 bits per heavy atom. The van der Waals surface area contributed by atoms with E-state index < -0.39 is 23.9 Å². The first kappa shape index (κ1) is 19.3. The highest BCUT2D eigenvalue weighted by atomic mass is 32.2. The van der Waals surface area contributed by atoms with Gasteiger partial charge in [-0.15, -0.1) is 0 Å². The largest absolute Gasteiger partial charge is 0.405 e. The number of carbonyl (C=O) groups is 1. The lowest BCUT2D eigenvalue weighted by molar-refractivity contribution is -0.137. The molecule has 0 fully saturated rings. The first-order valence-corrected chi connectivity index (χ1v) is 8.50. The van der Waals surface area contributed by atoms with Crippen molar-refractivity contribution < 1.29 is 18.0 Å². The van der Waals surface area contributed by atoms with Gasteiger partial charge in [-0.05, 0) is 32.9 Å². The summed E-state index contributed by atoms with van der Waals surface area (Å²) in [4.78, 5) is 28.9. The number of carbonyl (C=O) groups excluding carboxylic acids is 1. The zero-order valence-corrected chi connectivity index (χ0v) is 14.7. The highest BCUT2D eigenvalue weighted by Crippen LogP contribution is 2.25. The zero-order valence-electron chi connectivity index (χ0n) is 13.9. The van der Waals surface area contributed by atoms with Gasteiger partial charge < -0.3 is 5.32 Å². The molecule has 1 atom stereocenters. The molecule has 0 aliphatic heterocycles. The predicted octanol–water partition coefficient (Wildman–Crippen LogP) is 3.14. The van der Waals surface area contributed by atoms with Crippen LogP contribution in [0.1, 0.15) is 26.8 Å². The van der Waals surface area contributed by atoms with E-state index in [1.165, 1.54) is 11.5 Å². The number of nitrogens with one attached hydrogen (secondary N) is 1. The molecule has 0 saturated carbocycles. The van der Waals surface area contributed by atoms with E-state index >= 15 is 0 Å². The lowest BCUT2D eigenvalue weighted by Gasteiger charge is -2.18. The van der Waals surface area contributed by atoms with Crippen molar-refractivity contribution in [3.05, 3.63) is 34.6 Å². The van der Waals surface area contributed by atoms with Gasteiger partial charge in [0.15, 0.2) is 5.16 Å². The Labute approximate surface area is 146 Å². The summed E-state index contributed by atoms with van der Waals surface area (Å²) >= 11 is 0.959. The lowest BCUT2D eigenvalue weighted by Crippen LogP contribution is -2.38. The van der Waals surface area contributed by atoms with Crippen LogP contribution in [-0.2, 0) is 4.79 Å². The molecule has 1 N–H and O–H groups in total. The number of thioether (sulfide) groups is 1. The minimum atomic E-state index is -4.47. The van der Waals surface area contributed by atoms with Crippen LogP contribution in [0, 0.1) is 0 Å². The number of halogens is 3. The molecule has 1 aromatic carbocycles. The lowest BCUT2D eigenvalue weighted by atomic mass is 10.2. The normalized spacial score (nSPS) is 13.2. The maximum absolute atomic E-state index is 12.7. The van der Waals surface area contributed by atoms with Crippen LogP contribution < -0.4 is 10.9 Å². The first-order chi connectivity index (χ1) is 11.6. The molecule has 0 aliphatic carbocycles. The Morgan fingerprint density at radius 3 is 2.52 bits per heavy atom. The molecule has 2 rings (SSSR count). The van der Waals surface area contributed by atoms with E-state index in [0.29, 0.717) is 16.1 Å². The second-order valence-corrected chi connectivity index (χ2v) is 7.08. The van der Waals surface area contributed by atoms with E-state index in [9.17, 15) is 22.8 Å². The van der Waals surface area contributed by atoms with Crippen molar-refractivity contribution in [2.75, 3.05) is 6.54 Å². The SMILES string of the molecule is CC(Sc1nc2ccccc2c(=O)n1C(C)C)C(=O)NCC(F)(F)F. The molecular formula is C16H18F3N3O2S. The van der Waals surface area contributed by atoms with Gasteiger partial charge in [-0.1, -0.05) is 23.9 Å². The van der Waals surface area contributed by atoms with Crippen molar-refractivity contribution in [3.8, 4) is 0 Å². The number of alkyl halides is 3. The average molecular weight is 373 g/mol. The van der Waals surface area contributed by atoms with Crippen LogP contribution in [0.4, 0.5) is 13.2 Å². The van der Waals surface area contributed by atoms with Crippen LogP contribution in [0.5, 0.6) is 0 Å². The highest BCUT2D eigenvalue weighted by Gasteiger charge is 2.29. The number of fused-ring (bicyclic) bond motifs is 1. The van der Waals surface area contributed by atoms with Crippen molar-refractivity contribution in [1.29, 1.82) is 0 Å². The van der Waals surface area contributed by atoms with Crippen LogP contribution in [0.15, 0.2) is 34.2 Å². The summed E-state index contributed by atoms with van der Waals surface area (Å²) in [7, 11) is 0. The van der Waals surface area contributed by atoms with E-state index in [-0.39, 0.29) is 11.6 Å². The van der Waals surface area contributed by atoms with E-state index in [1.807, 2.05) is 5.32 Å². The highest BCUT2D eigenvalue weighted by molar-refractivity contribution is 8.00. The van der Waals surface area contributed by atoms with E-state index in [1.54, 1.807) is 38.1 Å². The number of hydrogen-bond donors (Lipinski definition) is 1. The summed E-state index contributed by atoms with van der Waals surface area (Å²) in [6, 6.07) is 6.60. The van der Waals surface area contributed by atoms with Crippen LogP contribution in [0.3, 0.4) is 0 Å². The van der Waals surface area contributed by atoms with Gasteiger partial charge >= 0.3 is 6.18 Å². The molecule has 9 heteroatoms. The van der Waals surface area contributed by atoms with Gasteiger partial charge in [0.05, 0.1) is 16.2 Å². The molecule has 0 bridgehead atoms. The fraction of sp³-hybridized carbons (Fsp3) is 0.438. The Balaban J connectivity index is 2.32. The van der Waals surface area contributed by atoms with Crippen molar-refractivity contribution in [2.45, 2.75) is 43.4 Å². The summed E-state index contributed by atoms with van der Waals surface area (Å²) in [5.41, 5.74) is 0.237. The standard InChI is InChI=1S/C16H18F3N3O2S/c1-9(2)22-14(24)11-6-4-5-7-12(11)21-15(22)25-10(3)13(23)20-8-16(17,18)19/h4-7,9-10H,8H2,1-3H3,(H,20,23). The van der Waals surface area contributed by atoms with Gasteiger partial charge in [0.25, 0.3) is 5.56 Å². The molecule has 0 spiro atoms. The molecule has 136 valence electrons. The molecule has 0 aliphatic rings. The fourth-order valence-electron chi connectivity index (χ4n) is 2.21. The Kier molecular flexibility index (Phi) is 5.76.